The van der Waals surface area contributed by atoms with Gasteiger partial charge >= 0.3 is 11.9 Å². The largest absolute Gasteiger partial charge is 0.508 e. The quantitative estimate of drug-likeness (QED) is 0.218. The van der Waals surface area contributed by atoms with Crippen LogP contribution in [0.2, 0.25) is 0 Å². The molecular formula is C26H24N2O7S. The highest BCUT2D eigenvalue weighted by atomic mass is 32.1. The van der Waals surface area contributed by atoms with Crippen molar-refractivity contribution < 1.29 is 34.1 Å². The Bertz CT molecular complexity index is 1360. The van der Waals surface area contributed by atoms with Crippen LogP contribution in [0, 0.1) is 6.92 Å². The number of aliphatic hydroxyl groups excluding tert-OH is 1. The first-order valence-corrected chi connectivity index (χ1v) is 11.9. The smallest absolute Gasteiger partial charge is 0.350 e. The third-order valence-corrected chi connectivity index (χ3v) is 6.65. The average Bonchev–Trinajstić information content (AvgIpc) is 3.35. The van der Waals surface area contributed by atoms with E-state index in [2.05, 4.69) is 4.98 Å². The number of phenolic OH excluding ortho intramolecular Hbond substituents is 1. The number of carbonyl (C=O) groups excluding carboxylic acids is 3. The van der Waals surface area contributed by atoms with Crippen LogP contribution in [0.15, 0.2) is 54.1 Å². The molecule has 36 heavy (non-hydrogen) atoms. The summed E-state index contributed by atoms with van der Waals surface area (Å²) in [6, 6.07) is 11.4. The summed E-state index contributed by atoms with van der Waals surface area (Å²) >= 11 is 0.911. The fourth-order valence-corrected chi connectivity index (χ4v) is 4.90. The Hall–Kier alpha value is -4.18. The van der Waals surface area contributed by atoms with Crippen molar-refractivity contribution in [2.24, 2.45) is 0 Å². The van der Waals surface area contributed by atoms with Crippen LogP contribution in [0.1, 0.15) is 46.4 Å². The number of nitrogens with zero attached hydrogens (tertiary/aromatic N) is 2. The van der Waals surface area contributed by atoms with E-state index in [4.69, 9.17) is 9.47 Å². The number of ketones is 1. The number of hydrogen-bond acceptors (Lipinski definition) is 9. The van der Waals surface area contributed by atoms with Crippen molar-refractivity contribution in [2.75, 3.05) is 12.0 Å². The van der Waals surface area contributed by atoms with Gasteiger partial charge in [0.2, 0.25) is 0 Å². The molecule has 4 rings (SSSR count). The Labute approximate surface area is 211 Å². The number of aromatic hydroxyl groups is 1. The van der Waals surface area contributed by atoms with Crippen LogP contribution in [0.5, 0.6) is 11.5 Å². The number of hydrogen-bond donors (Lipinski definition) is 2. The molecule has 0 unspecified atom stereocenters. The second-order valence-corrected chi connectivity index (χ2v) is 9.33. The molecule has 2 heterocycles. The molecule has 0 aliphatic carbocycles. The molecule has 9 nitrogen and oxygen atoms in total. The average molecular weight is 509 g/mol. The first-order chi connectivity index (χ1) is 17.1. The summed E-state index contributed by atoms with van der Waals surface area (Å²) in [7, 11) is 1.24. The number of anilines is 1. The SMILES string of the molecule is COC(=O)c1sc(N2C(=O)C(=O)C(=C(O)c3ccc(OC(C)C)cc3)[C@@H]2c2ccc(O)cc2)nc1C. The van der Waals surface area contributed by atoms with E-state index in [0.29, 0.717) is 22.6 Å². The van der Waals surface area contributed by atoms with Crippen molar-refractivity contribution in [3.63, 3.8) is 0 Å². The molecule has 1 fully saturated rings. The van der Waals surface area contributed by atoms with Crippen molar-refractivity contribution >= 4 is 39.9 Å². The maximum absolute atomic E-state index is 13.3. The minimum atomic E-state index is -1.05. The molecule has 2 aromatic carbocycles. The molecule has 1 atom stereocenters. The predicted molar refractivity (Wildman–Crippen MR) is 133 cm³/mol. The molecule has 1 aromatic heterocycles. The van der Waals surface area contributed by atoms with Crippen LogP contribution in [0.4, 0.5) is 5.13 Å². The van der Waals surface area contributed by atoms with E-state index in [9.17, 15) is 24.6 Å². The number of aryl methyl sites for hydroxylation is 1. The van der Waals surface area contributed by atoms with Crippen LogP contribution in [0.3, 0.4) is 0 Å². The molecule has 1 aliphatic heterocycles. The predicted octanol–water partition coefficient (Wildman–Crippen LogP) is 4.36. The van der Waals surface area contributed by atoms with Gasteiger partial charge in [-0.3, -0.25) is 14.5 Å². The number of esters is 1. The molecular weight excluding hydrogens is 484 g/mol. The first kappa shape index (κ1) is 24.9. The lowest BCUT2D eigenvalue weighted by Crippen LogP contribution is -2.29. The van der Waals surface area contributed by atoms with Crippen molar-refractivity contribution in [1.82, 2.24) is 4.98 Å². The molecule has 3 aromatic rings. The van der Waals surface area contributed by atoms with Crippen molar-refractivity contribution in [2.45, 2.75) is 32.9 Å². The summed E-state index contributed by atoms with van der Waals surface area (Å²) < 4.78 is 10.4. The maximum atomic E-state index is 13.3. The Morgan fingerprint density at radius 3 is 2.31 bits per heavy atom. The molecule has 10 heteroatoms. The number of thiazole rings is 1. The van der Waals surface area contributed by atoms with E-state index in [1.54, 1.807) is 43.3 Å². The van der Waals surface area contributed by atoms with Crippen molar-refractivity contribution in [3.05, 3.63) is 75.8 Å². The summed E-state index contributed by atoms with van der Waals surface area (Å²) in [4.78, 5) is 44.3. The molecule has 1 saturated heterocycles. The number of aromatic nitrogens is 1. The topological polar surface area (TPSA) is 126 Å². The monoisotopic (exact) mass is 508 g/mol. The van der Waals surface area contributed by atoms with Gasteiger partial charge < -0.3 is 19.7 Å². The molecule has 0 radical (unpaired) electrons. The molecule has 0 spiro atoms. The van der Waals surface area contributed by atoms with Crippen LogP contribution in [-0.2, 0) is 14.3 Å². The van der Waals surface area contributed by atoms with Crippen LogP contribution >= 0.6 is 11.3 Å². The Morgan fingerprint density at radius 1 is 1.08 bits per heavy atom. The summed E-state index contributed by atoms with van der Waals surface area (Å²) in [6.45, 7) is 5.37. The van der Waals surface area contributed by atoms with E-state index >= 15 is 0 Å². The lowest BCUT2D eigenvalue weighted by Gasteiger charge is -2.23. The van der Waals surface area contributed by atoms with Gasteiger partial charge in [0.25, 0.3) is 5.78 Å². The van der Waals surface area contributed by atoms with Crippen LogP contribution < -0.4 is 9.64 Å². The summed E-state index contributed by atoms with van der Waals surface area (Å²) in [5, 5.41) is 21.1. The number of phenols is 1. The van der Waals surface area contributed by atoms with E-state index in [1.807, 2.05) is 13.8 Å². The molecule has 2 N–H and O–H groups in total. The fraction of sp³-hybridized carbons (Fsp3) is 0.231. The third-order valence-electron chi connectivity index (χ3n) is 5.51. The van der Waals surface area contributed by atoms with Crippen molar-refractivity contribution in [3.8, 4) is 11.5 Å². The second-order valence-electron chi connectivity index (χ2n) is 8.35. The number of Topliss-reactive ketones (excluding diaryl/α,β-unsaturated/α-hetero) is 1. The van der Waals surface area contributed by atoms with Crippen LogP contribution in [-0.4, -0.2) is 46.1 Å². The fourth-order valence-electron chi connectivity index (χ4n) is 3.89. The number of ether oxygens (including phenoxy) is 2. The number of aliphatic hydroxyl groups is 1. The van der Waals surface area contributed by atoms with E-state index in [-0.39, 0.29) is 33.2 Å². The minimum absolute atomic E-state index is 0.00508. The van der Waals surface area contributed by atoms with Crippen LogP contribution in [0.25, 0.3) is 5.76 Å². The molecule has 1 amide bonds. The standard InChI is InChI=1S/C26H24N2O7S/c1-13(2)35-18-11-7-16(8-12-18)21(30)19-20(15-5-9-17(29)10-6-15)28(24(32)22(19)31)26-27-14(3)23(36-26)25(33)34-4/h5-13,20,29-30H,1-4H3/t20-/m0/s1. The van der Waals surface area contributed by atoms with Gasteiger partial charge in [-0.2, -0.15) is 0 Å². The Kier molecular flexibility index (Phi) is 6.80. The molecule has 0 bridgehead atoms. The Balaban J connectivity index is 1.87. The lowest BCUT2D eigenvalue weighted by atomic mass is 9.95. The summed E-state index contributed by atoms with van der Waals surface area (Å²) in [5.41, 5.74) is 0.976. The van der Waals surface area contributed by atoms with E-state index in [1.165, 1.54) is 19.2 Å². The van der Waals surface area contributed by atoms with Gasteiger partial charge in [-0.25, -0.2) is 9.78 Å². The summed E-state index contributed by atoms with van der Waals surface area (Å²) in [5.74, 6) is -2.20. The summed E-state index contributed by atoms with van der Waals surface area (Å²) in [6.07, 6.45) is -0.0408. The second kappa shape index (κ2) is 9.82. The number of methoxy groups -OCH3 is 1. The van der Waals surface area contributed by atoms with Gasteiger partial charge in [-0.1, -0.05) is 23.5 Å². The number of amides is 1. The Morgan fingerprint density at radius 2 is 1.72 bits per heavy atom. The molecule has 0 saturated carbocycles. The third kappa shape index (κ3) is 4.55. The highest BCUT2D eigenvalue weighted by Crippen LogP contribution is 2.44. The number of carbonyl (C=O) groups is 3. The van der Waals surface area contributed by atoms with Gasteiger partial charge in [0, 0.05) is 5.56 Å². The highest BCUT2D eigenvalue weighted by molar-refractivity contribution is 7.17. The normalized spacial score (nSPS) is 17.0. The van der Waals surface area contributed by atoms with Gasteiger partial charge in [0.1, 0.15) is 22.1 Å². The minimum Gasteiger partial charge on any atom is -0.508 e. The first-order valence-electron chi connectivity index (χ1n) is 11.0. The maximum Gasteiger partial charge on any atom is 0.350 e. The van der Waals surface area contributed by atoms with Gasteiger partial charge in [0.05, 0.1) is 30.5 Å². The highest BCUT2D eigenvalue weighted by Gasteiger charge is 2.48. The van der Waals surface area contributed by atoms with E-state index in [0.717, 1.165) is 16.2 Å². The molecule has 1 aliphatic rings. The molecule has 186 valence electrons. The van der Waals surface area contributed by atoms with E-state index < -0.39 is 23.7 Å². The zero-order valence-corrected chi connectivity index (χ0v) is 20.8. The van der Waals surface area contributed by atoms with Gasteiger partial charge in [0.15, 0.2) is 5.13 Å². The number of benzene rings is 2. The zero-order chi connectivity index (χ0) is 26.1. The number of rotatable bonds is 6. The lowest BCUT2D eigenvalue weighted by molar-refractivity contribution is -0.132. The van der Waals surface area contributed by atoms with Gasteiger partial charge in [-0.05, 0) is 62.7 Å². The van der Waals surface area contributed by atoms with Gasteiger partial charge in [-0.15, -0.1) is 0 Å². The zero-order valence-electron chi connectivity index (χ0n) is 20.0. The van der Waals surface area contributed by atoms with Crippen molar-refractivity contribution in [1.29, 1.82) is 0 Å².